The number of nitrogens with zero attached hydrogens (tertiary/aromatic N) is 3. The van der Waals surface area contributed by atoms with Crippen molar-refractivity contribution in [2.45, 2.75) is 19.3 Å². The van der Waals surface area contributed by atoms with Gasteiger partial charge in [-0.05, 0) is 30.4 Å². The van der Waals surface area contributed by atoms with Gasteiger partial charge >= 0.3 is 0 Å². The fraction of sp³-hybridized carbons (Fsp3) is 0.294. The summed E-state index contributed by atoms with van der Waals surface area (Å²) in [6, 6.07) is 10.6. The second-order valence-electron chi connectivity index (χ2n) is 5.45. The molecule has 0 N–H and O–H groups in total. The predicted molar refractivity (Wildman–Crippen MR) is 80.7 cm³/mol. The molecule has 0 saturated carbocycles. The third-order valence-electron chi connectivity index (χ3n) is 4.22. The van der Waals surface area contributed by atoms with Crippen LogP contribution in [0.2, 0.25) is 0 Å². The van der Waals surface area contributed by atoms with Gasteiger partial charge < -0.3 is 4.90 Å². The Bertz CT molecular complexity index is 661. The Kier molecular flexibility index (Phi) is 2.76. The lowest BCUT2D eigenvalue weighted by atomic mass is 10.1. The van der Waals surface area contributed by atoms with Crippen LogP contribution in [0.25, 0.3) is 5.57 Å². The van der Waals surface area contributed by atoms with Crippen LogP contribution in [0.4, 0.5) is 5.82 Å². The zero-order valence-electron chi connectivity index (χ0n) is 11.4. The first-order chi connectivity index (χ1) is 9.92. The van der Waals surface area contributed by atoms with Crippen LogP contribution in [0.15, 0.2) is 42.7 Å². The molecular weight excluding hydrogens is 246 g/mol. The van der Waals surface area contributed by atoms with Gasteiger partial charge in [0.2, 0.25) is 0 Å². The average Bonchev–Trinajstić information content (AvgIpc) is 3.17. The number of aryl methyl sites for hydroxylation is 1. The van der Waals surface area contributed by atoms with Crippen molar-refractivity contribution in [1.82, 2.24) is 9.97 Å². The Morgan fingerprint density at radius 2 is 1.90 bits per heavy atom. The van der Waals surface area contributed by atoms with Crippen molar-refractivity contribution in [1.29, 1.82) is 0 Å². The maximum absolute atomic E-state index is 4.54. The van der Waals surface area contributed by atoms with E-state index in [1.54, 1.807) is 6.33 Å². The Morgan fingerprint density at radius 3 is 2.80 bits per heavy atom. The molecule has 0 bridgehead atoms. The van der Waals surface area contributed by atoms with Gasteiger partial charge in [0.25, 0.3) is 0 Å². The summed E-state index contributed by atoms with van der Waals surface area (Å²) in [4.78, 5) is 11.3. The fourth-order valence-electron chi connectivity index (χ4n) is 3.19. The van der Waals surface area contributed by atoms with Gasteiger partial charge in [-0.2, -0.15) is 0 Å². The van der Waals surface area contributed by atoms with Crippen LogP contribution in [0.3, 0.4) is 0 Å². The van der Waals surface area contributed by atoms with Crippen LogP contribution in [0.1, 0.15) is 23.2 Å². The highest BCUT2D eigenvalue weighted by molar-refractivity contribution is 5.74. The van der Waals surface area contributed by atoms with Crippen LogP contribution in [-0.4, -0.2) is 23.1 Å². The summed E-state index contributed by atoms with van der Waals surface area (Å²) in [6.07, 6.45) is 7.49. The summed E-state index contributed by atoms with van der Waals surface area (Å²) in [5, 5.41) is 0. The van der Waals surface area contributed by atoms with E-state index in [-0.39, 0.29) is 0 Å². The average molecular weight is 263 g/mol. The van der Waals surface area contributed by atoms with Gasteiger partial charge in [0.05, 0.1) is 0 Å². The Labute approximate surface area is 119 Å². The van der Waals surface area contributed by atoms with Gasteiger partial charge in [0, 0.05) is 24.3 Å². The van der Waals surface area contributed by atoms with E-state index in [4.69, 9.17) is 0 Å². The molecule has 3 heteroatoms. The molecule has 20 heavy (non-hydrogen) atoms. The molecule has 0 amide bonds. The van der Waals surface area contributed by atoms with Crippen molar-refractivity contribution in [3.8, 4) is 0 Å². The van der Waals surface area contributed by atoms with Gasteiger partial charge in [-0.15, -0.1) is 0 Å². The van der Waals surface area contributed by atoms with Crippen LogP contribution in [0, 0.1) is 0 Å². The van der Waals surface area contributed by atoms with E-state index < -0.39 is 0 Å². The molecular formula is C17H17N3. The van der Waals surface area contributed by atoms with Crippen LogP contribution in [0.5, 0.6) is 0 Å². The molecule has 2 aromatic rings. The maximum atomic E-state index is 4.54. The quantitative estimate of drug-likeness (QED) is 0.834. The highest BCUT2D eigenvalue weighted by Crippen LogP contribution is 2.31. The lowest BCUT2D eigenvalue weighted by Gasteiger charge is -2.20. The molecule has 4 rings (SSSR count). The van der Waals surface area contributed by atoms with Crippen LogP contribution < -0.4 is 4.90 Å². The van der Waals surface area contributed by atoms with Crippen molar-refractivity contribution in [3.05, 3.63) is 59.6 Å². The first-order valence-corrected chi connectivity index (χ1v) is 7.24. The summed E-state index contributed by atoms with van der Waals surface area (Å²) < 4.78 is 0. The van der Waals surface area contributed by atoms with Gasteiger partial charge in [0.15, 0.2) is 0 Å². The third-order valence-corrected chi connectivity index (χ3v) is 4.22. The smallest absolute Gasteiger partial charge is 0.136 e. The molecule has 0 spiro atoms. The lowest BCUT2D eigenvalue weighted by molar-refractivity contribution is 0.896. The molecule has 2 aliphatic rings. The monoisotopic (exact) mass is 263 g/mol. The van der Waals surface area contributed by atoms with Crippen molar-refractivity contribution in [2.24, 2.45) is 0 Å². The Morgan fingerprint density at radius 1 is 1.00 bits per heavy atom. The summed E-state index contributed by atoms with van der Waals surface area (Å²) in [6.45, 7) is 1.90. The number of fused-ring (bicyclic) bond motifs is 1. The standard InChI is InChI=1S/C17H17N3/c1-2-5-13(6-3-1)14-9-10-20(11-14)17-15-7-4-8-16(15)18-12-19-17/h1-3,5-6,9,12H,4,7-8,10-11H2. The van der Waals surface area contributed by atoms with Gasteiger partial charge in [-0.3, -0.25) is 0 Å². The SMILES string of the molecule is C1=C(c2ccccc2)CN(c2ncnc3c2CCC3)C1. The minimum absolute atomic E-state index is 0.952. The van der Waals surface area contributed by atoms with Gasteiger partial charge in [-0.1, -0.05) is 36.4 Å². The number of hydrogen-bond donors (Lipinski definition) is 0. The normalized spacial score (nSPS) is 17.2. The van der Waals surface area contributed by atoms with E-state index in [1.807, 2.05) is 0 Å². The van der Waals surface area contributed by atoms with Crippen molar-refractivity contribution in [2.75, 3.05) is 18.0 Å². The molecule has 100 valence electrons. The minimum Gasteiger partial charge on any atom is -0.348 e. The van der Waals surface area contributed by atoms with Gasteiger partial charge in [-0.25, -0.2) is 9.97 Å². The molecule has 2 heterocycles. The fourth-order valence-corrected chi connectivity index (χ4v) is 3.19. The van der Waals surface area contributed by atoms with E-state index >= 15 is 0 Å². The molecule has 1 aliphatic carbocycles. The summed E-state index contributed by atoms with van der Waals surface area (Å²) >= 11 is 0. The summed E-state index contributed by atoms with van der Waals surface area (Å²) in [5.74, 6) is 1.15. The summed E-state index contributed by atoms with van der Waals surface area (Å²) in [7, 11) is 0. The summed E-state index contributed by atoms with van der Waals surface area (Å²) in [5.41, 5.74) is 5.34. The number of rotatable bonds is 2. The van der Waals surface area contributed by atoms with Crippen molar-refractivity contribution < 1.29 is 0 Å². The molecule has 3 nitrogen and oxygen atoms in total. The highest BCUT2D eigenvalue weighted by atomic mass is 15.2. The third kappa shape index (κ3) is 1.90. The number of aromatic nitrogens is 2. The molecule has 0 atom stereocenters. The first-order valence-electron chi connectivity index (χ1n) is 7.24. The Hall–Kier alpha value is -2.16. The van der Waals surface area contributed by atoms with E-state index in [0.29, 0.717) is 0 Å². The van der Waals surface area contributed by atoms with Crippen LogP contribution >= 0.6 is 0 Å². The predicted octanol–water partition coefficient (Wildman–Crippen LogP) is 2.87. The largest absolute Gasteiger partial charge is 0.348 e. The van der Waals surface area contributed by atoms with Crippen molar-refractivity contribution in [3.63, 3.8) is 0 Å². The number of hydrogen-bond acceptors (Lipinski definition) is 3. The van der Waals surface area contributed by atoms with E-state index in [1.165, 1.54) is 28.8 Å². The number of benzene rings is 1. The van der Waals surface area contributed by atoms with E-state index in [0.717, 1.165) is 31.7 Å². The van der Waals surface area contributed by atoms with Crippen LogP contribution in [-0.2, 0) is 12.8 Å². The molecule has 0 saturated heterocycles. The molecule has 0 fully saturated rings. The van der Waals surface area contributed by atoms with Crippen molar-refractivity contribution >= 4 is 11.4 Å². The van der Waals surface area contributed by atoms with E-state index in [9.17, 15) is 0 Å². The zero-order valence-corrected chi connectivity index (χ0v) is 11.4. The minimum atomic E-state index is 0.952. The van der Waals surface area contributed by atoms with E-state index in [2.05, 4.69) is 51.3 Å². The molecule has 0 radical (unpaired) electrons. The molecule has 1 aromatic heterocycles. The second kappa shape index (κ2) is 4.75. The Balaban J connectivity index is 1.61. The molecule has 1 aromatic carbocycles. The first kappa shape index (κ1) is 11.6. The topological polar surface area (TPSA) is 29.0 Å². The zero-order chi connectivity index (χ0) is 13.4. The molecule has 0 unspecified atom stereocenters. The maximum Gasteiger partial charge on any atom is 0.136 e. The molecule has 1 aliphatic heterocycles. The second-order valence-corrected chi connectivity index (χ2v) is 5.45. The lowest BCUT2D eigenvalue weighted by Crippen LogP contribution is -2.22. The van der Waals surface area contributed by atoms with Gasteiger partial charge in [0.1, 0.15) is 12.1 Å². The highest BCUT2D eigenvalue weighted by Gasteiger charge is 2.23. The number of anilines is 1.